The van der Waals surface area contributed by atoms with Gasteiger partial charge in [0.1, 0.15) is 5.75 Å². The summed E-state index contributed by atoms with van der Waals surface area (Å²) in [6.45, 7) is 2.29. The number of anilines is 1. The summed E-state index contributed by atoms with van der Waals surface area (Å²) in [5, 5.41) is 0.981. The standard InChI is InChI=1S/C26H32N4O4S/c1-28(18-26(31)30-14-12-29(13-15-30)19-6-5-7-20(16-19)34-2)35(32,33)21-10-11-25-23(17-21)22-8-3-4-9-24(22)27-25/h5-7,10-11,16-17,27H,3-4,8-9,12-15,18H2,1-2H3. The summed E-state index contributed by atoms with van der Waals surface area (Å²) in [5.41, 5.74) is 4.48. The van der Waals surface area contributed by atoms with Gasteiger partial charge in [-0.05, 0) is 61.6 Å². The van der Waals surface area contributed by atoms with Gasteiger partial charge < -0.3 is 19.5 Å². The normalized spacial score (nSPS) is 16.5. The van der Waals surface area contributed by atoms with E-state index in [2.05, 4.69) is 9.88 Å². The van der Waals surface area contributed by atoms with Crippen LogP contribution in [0.1, 0.15) is 24.1 Å². The molecular weight excluding hydrogens is 464 g/mol. The molecule has 1 aliphatic carbocycles. The number of nitrogens with zero attached hydrogens (tertiary/aromatic N) is 3. The fraction of sp³-hybridized carbons (Fsp3) is 0.423. The molecule has 1 amide bonds. The maximum absolute atomic E-state index is 13.3. The lowest BCUT2D eigenvalue weighted by molar-refractivity contribution is -0.131. The van der Waals surface area contributed by atoms with E-state index < -0.39 is 10.0 Å². The number of aryl methyl sites for hydroxylation is 2. The van der Waals surface area contributed by atoms with Crippen molar-refractivity contribution >= 4 is 32.5 Å². The summed E-state index contributed by atoms with van der Waals surface area (Å²) in [6.07, 6.45) is 4.25. The minimum absolute atomic E-state index is 0.176. The molecule has 9 heteroatoms. The molecule has 1 N–H and O–H groups in total. The van der Waals surface area contributed by atoms with Crippen LogP contribution in [0.2, 0.25) is 0 Å². The number of ether oxygens (including phenoxy) is 1. The van der Waals surface area contributed by atoms with Gasteiger partial charge in [-0.1, -0.05) is 6.07 Å². The highest BCUT2D eigenvalue weighted by Gasteiger charge is 2.28. The lowest BCUT2D eigenvalue weighted by Crippen LogP contribution is -2.51. The molecule has 0 spiro atoms. The first-order valence-electron chi connectivity index (χ1n) is 12.1. The molecule has 1 fully saturated rings. The van der Waals surface area contributed by atoms with Crippen LogP contribution in [-0.2, 0) is 27.7 Å². The lowest BCUT2D eigenvalue weighted by atomic mass is 9.96. The van der Waals surface area contributed by atoms with E-state index in [9.17, 15) is 13.2 Å². The van der Waals surface area contributed by atoms with Gasteiger partial charge in [0.25, 0.3) is 0 Å². The van der Waals surface area contributed by atoms with E-state index in [0.717, 1.165) is 48.0 Å². The number of hydrogen-bond acceptors (Lipinski definition) is 5. The highest BCUT2D eigenvalue weighted by atomic mass is 32.2. The molecule has 0 saturated carbocycles. The number of likely N-dealkylation sites (N-methyl/N-ethyl adjacent to an activating group) is 1. The Kier molecular flexibility index (Phi) is 6.46. The number of rotatable bonds is 6. The van der Waals surface area contributed by atoms with Crippen LogP contribution in [0.15, 0.2) is 47.4 Å². The van der Waals surface area contributed by atoms with Crippen LogP contribution < -0.4 is 9.64 Å². The Balaban J connectivity index is 1.24. The van der Waals surface area contributed by atoms with Crippen LogP contribution in [-0.4, -0.2) is 75.4 Å². The molecule has 1 aromatic heterocycles. The molecule has 2 aromatic carbocycles. The molecule has 35 heavy (non-hydrogen) atoms. The number of aromatic nitrogens is 1. The van der Waals surface area contributed by atoms with E-state index >= 15 is 0 Å². The van der Waals surface area contributed by atoms with Crippen molar-refractivity contribution in [1.29, 1.82) is 0 Å². The van der Waals surface area contributed by atoms with Crippen LogP contribution in [0, 0.1) is 0 Å². The maximum atomic E-state index is 13.3. The predicted octanol–water partition coefficient (Wildman–Crippen LogP) is 3.02. The Morgan fingerprint density at radius 2 is 1.83 bits per heavy atom. The smallest absolute Gasteiger partial charge is 0.243 e. The Bertz CT molecular complexity index is 1340. The Labute approximate surface area is 206 Å². The van der Waals surface area contributed by atoms with Crippen LogP contribution in [0.25, 0.3) is 10.9 Å². The number of aromatic amines is 1. The maximum Gasteiger partial charge on any atom is 0.243 e. The molecule has 1 saturated heterocycles. The fourth-order valence-electron chi connectivity index (χ4n) is 5.12. The molecule has 0 bridgehead atoms. The number of amides is 1. The largest absolute Gasteiger partial charge is 0.497 e. The van der Waals surface area contributed by atoms with Crippen molar-refractivity contribution in [3.05, 3.63) is 53.7 Å². The van der Waals surface area contributed by atoms with Gasteiger partial charge in [-0.3, -0.25) is 4.79 Å². The second-order valence-corrected chi connectivity index (χ2v) is 11.4. The van der Waals surface area contributed by atoms with Gasteiger partial charge in [0.2, 0.25) is 15.9 Å². The SMILES string of the molecule is COc1cccc(N2CCN(C(=O)CN(C)S(=O)(=O)c3ccc4[nH]c5c(c4c3)CCCC5)CC2)c1. The molecule has 2 aliphatic rings. The van der Waals surface area contributed by atoms with Crippen molar-refractivity contribution < 1.29 is 17.9 Å². The fourth-order valence-corrected chi connectivity index (χ4v) is 6.27. The van der Waals surface area contributed by atoms with Gasteiger partial charge in [-0.25, -0.2) is 8.42 Å². The Morgan fingerprint density at radius 3 is 2.60 bits per heavy atom. The molecule has 186 valence electrons. The third kappa shape index (κ3) is 4.62. The highest BCUT2D eigenvalue weighted by molar-refractivity contribution is 7.89. The molecule has 0 atom stereocenters. The first kappa shape index (κ1) is 23.7. The molecule has 1 aliphatic heterocycles. The number of nitrogens with one attached hydrogen (secondary N) is 1. The molecule has 5 rings (SSSR count). The van der Waals surface area contributed by atoms with Crippen LogP contribution in [0.3, 0.4) is 0 Å². The summed E-state index contributed by atoms with van der Waals surface area (Å²) < 4.78 is 33.1. The average molecular weight is 497 g/mol. The molecule has 2 heterocycles. The predicted molar refractivity (Wildman–Crippen MR) is 137 cm³/mol. The van der Waals surface area contributed by atoms with Gasteiger partial charge in [0.15, 0.2) is 0 Å². The first-order chi connectivity index (χ1) is 16.9. The molecular formula is C26H32N4O4S. The second kappa shape index (κ2) is 9.54. The Hall–Kier alpha value is -3.04. The van der Waals surface area contributed by atoms with Crippen LogP contribution in [0.5, 0.6) is 5.75 Å². The Morgan fingerprint density at radius 1 is 1.06 bits per heavy atom. The number of sulfonamides is 1. The zero-order chi connectivity index (χ0) is 24.6. The number of carbonyl (C=O) groups is 1. The van der Waals surface area contributed by atoms with Crippen molar-refractivity contribution in [2.75, 3.05) is 51.8 Å². The van der Waals surface area contributed by atoms with Gasteiger partial charge >= 0.3 is 0 Å². The minimum Gasteiger partial charge on any atom is -0.497 e. The first-order valence-corrected chi connectivity index (χ1v) is 13.6. The molecule has 3 aromatic rings. The summed E-state index contributed by atoms with van der Waals surface area (Å²) >= 11 is 0. The minimum atomic E-state index is -3.78. The van der Waals surface area contributed by atoms with Crippen molar-refractivity contribution in [3.63, 3.8) is 0 Å². The summed E-state index contributed by atoms with van der Waals surface area (Å²) in [4.78, 5) is 20.6. The third-order valence-electron chi connectivity index (χ3n) is 7.19. The van der Waals surface area contributed by atoms with Gasteiger partial charge in [-0.15, -0.1) is 0 Å². The van der Waals surface area contributed by atoms with Crippen molar-refractivity contribution in [1.82, 2.24) is 14.2 Å². The number of H-pyrrole nitrogens is 1. The average Bonchev–Trinajstić information content (AvgIpc) is 3.26. The number of methoxy groups -OCH3 is 1. The van der Waals surface area contributed by atoms with Crippen molar-refractivity contribution in [2.45, 2.75) is 30.6 Å². The third-order valence-corrected chi connectivity index (χ3v) is 8.99. The monoisotopic (exact) mass is 496 g/mol. The topological polar surface area (TPSA) is 85.9 Å². The van der Waals surface area contributed by atoms with Gasteiger partial charge in [0.05, 0.1) is 18.6 Å². The van der Waals surface area contributed by atoms with E-state index in [4.69, 9.17) is 4.74 Å². The zero-order valence-electron chi connectivity index (χ0n) is 20.3. The van der Waals surface area contributed by atoms with E-state index in [1.807, 2.05) is 30.3 Å². The number of piperazine rings is 1. The molecule has 8 nitrogen and oxygen atoms in total. The van der Waals surface area contributed by atoms with Crippen molar-refractivity contribution in [3.8, 4) is 5.75 Å². The van der Waals surface area contributed by atoms with Gasteiger partial charge in [0, 0.05) is 61.6 Å². The summed E-state index contributed by atoms with van der Waals surface area (Å²) in [5.74, 6) is 0.618. The quantitative estimate of drug-likeness (QED) is 0.567. The molecule has 0 unspecified atom stereocenters. The van der Waals surface area contributed by atoms with Crippen LogP contribution >= 0.6 is 0 Å². The number of benzene rings is 2. The van der Waals surface area contributed by atoms with E-state index in [0.29, 0.717) is 26.2 Å². The zero-order valence-corrected chi connectivity index (χ0v) is 21.1. The number of hydrogen-bond donors (Lipinski definition) is 1. The number of fused-ring (bicyclic) bond motifs is 3. The second-order valence-electron chi connectivity index (χ2n) is 9.33. The molecule has 0 radical (unpaired) electrons. The lowest BCUT2D eigenvalue weighted by Gasteiger charge is -2.36. The van der Waals surface area contributed by atoms with Crippen LogP contribution in [0.4, 0.5) is 5.69 Å². The van der Waals surface area contributed by atoms with E-state index in [1.165, 1.54) is 22.6 Å². The van der Waals surface area contributed by atoms with Crippen molar-refractivity contribution in [2.24, 2.45) is 0 Å². The summed E-state index contributed by atoms with van der Waals surface area (Å²) in [7, 11) is -0.656. The summed E-state index contributed by atoms with van der Waals surface area (Å²) in [6, 6.07) is 13.1. The highest BCUT2D eigenvalue weighted by Crippen LogP contribution is 2.31. The number of carbonyl (C=O) groups excluding carboxylic acids is 1. The van der Waals surface area contributed by atoms with Gasteiger partial charge in [-0.2, -0.15) is 4.31 Å². The van der Waals surface area contributed by atoms with E-state index in [-0.39, 0.29) is 17.3 Å². The van der Waals surface area contributed by atoms with E-state index in [1.54, 1.807) is 24.1 Å².